The Hall–Kier alpha value is -4.11. The van der Waals surface area contributed by atoms with E-state index in [-0.39, 0.29) is 0 Å². The molecule has 3 heterocycles. The molecule has 0 radical (unpaired) electrons. The van der Waals surface area contributed by atoms with E-state index in [9.17, 15) is 0 Å². The predicted molar refractivity (Wildman–Crippen MR) is 122 cm³/mol. The Balaban J connectivity index is 1.60. The molecule has 0 aliphatic heterocycles. The third kappa shape index (κ3) is 3.74. The van der Waals surface area contributed by atoms with Crippen molar-refractivity contribution >= 4 is 0 Å². The van der Waals surface area contributed by atoms with Gasteiger partial charge in [-0.2, -0.15) is 0 Å². The van der Waals surface area contributed by atoms with Crippen molar-refractivity contribution in [3.05, 3.63) is 116 Å². The Bertz CT molecular complexity index is 1190. The minimum atomic E-state index is 0.834. The summed E-state index contributed by atoms with van der Waals surface area (Å²) in [5.41, 5.74) is 7.99. The van der Waals surface area contributed by atoms with Gasteiger partial charge >= 0.3 is 0 Å². The smallest absolute Gasteiger partial charge is 0.0900 e. The van der Waals surface area contributed by atoms with Crippen LogP contribution in [0.3, 0.4) is 0 Å². The monoisotopic (exact) mass is 385 g/mol. The van der Waals surface area contributed by atoms with Gasteiger partial charge in [0.2, 0.25) is 0 Å². The van der Waals surface area contributed by atoms with Gasteiger partial charge in [0, 0.05) is 12.4 Å². The van der Waals surface area contributed by atoms with Crippen molar-refractivity contribution in [2.45, 2.75) is 0 Å². The maximum atomic E-state index is 4.84. The van der Waals surface area contributed by atoms with Crippen molar-refractivity contribution in [1.29, 1.82) is 0 Å². The molecular formula is C27H19N3. The van der Waals surface area contributed by atoms with Crippen LogP contribution in [-0.4, -0.2) is 15.0 Å². The lowest BCUT2D eigenvalue weighted by molar-refractivity contribution is 1.22. The number of benzene rings is 2. The zero-order chi connectivity index (χ0) is 20.2. The molecule has 3 aromatic heterocycles. The third-order valence-corrected chi connectivity index (χ3v) is 5.01. The van der Waals surface area contributed by atoms with Crippen LogP contribution >= 0.6 is 0 Å². The second-order valence-electron chi connectivity index (χ2n) is 7.00. The fourth-order valence-electron chi connectivity index (χ4n) is 3.47. The molecule has 0 fully saturated rings. The lowest BCUT2D eigenvalue weighted by atomic mass is 9.99. The number of aromatic nitrogens is 3. The average Bonchev–Trinajstić information content (AvgIpc) is 2.85. The molecule has 0 saturated carbocycles. The average molecular weight is 385 g/mol. The van der Waals surface area contributed by atoms with Crippen LogP contribution in [0.25, 0.3) is 45.0 Å². The minimum absolute atomic E-state index is 0.834. The molecule has 0 N–H and O–H groups in total. The summed E-state index contributed by atoms with van der Waals surface area (Å²) in [6.07, 6.45) is 3.58. The van der Waals surface area contributed by atoms with Crippen LogP contribution < -0.4 is 0 Å². The summed E-state index contributed by atoms with van der Waals surface area (Å²) in [5, 5.41) is 0. The van der Waals surface area contributed by atoms with E-state index in [4.69, 9.17) is 4.98 Å². The molecule has 5 rings (SSSR count). The maximum Gasteiger partial charge on any atom is 0.0900 e. The molecular weight excluding hydrogens is 366 g/mol. The Morgan fingerprint density at radius 1 is 0.367 bits per heavy atom. The fraction of sp³-hybridized carbons (Fsp3) is 0. The maximum absolute atomic E-state index is 4.84. The summed E-state index contributed by atoms with van der Waals surface area (Å²) in [6.45, 7) is 0. The highest BCUT2D eigenvalue weighted by atomic mass is 14.8. The first-order valence-electron chi connectivity index (χ1n) is 9.87. The van der Waals surface area contributed by atoms with Gasteiger partial charge < -0.3 is 0 Å². The number of hydrogen-bond acceptors (Lipinski definition) is 3. The normalized spacial score (nSPS) is 10.7. The van der Waals surface area contributed by atoms with Crippen molar-refractivity contribution < 1.29 is 0 Å². The number of rotatable bonds is 4. The van der Waals surface area contributed by atoms with Crippen molar-refractivity contribution in [3.63, 3.8) is 0 Å². The summed E-state index contributed by atoms with van der Waals surface area (Å²) in [7, 11) is 0. The zero-order valence-corrected chi connectivity index (χ0v) is 16.3. The second-order valence-corrected chi connectivity index (χ2v) is 7.00. The second kappa shape index (κ2) is 8.10. The highest BCUT2D eigenvalue weighted by Gasteiger charge is 2.10. The summed E-state index contributed by atoms with van der Waals surface area (Å²) >= 11 is 0. The molecule has 0 spiro atoms. The van der Waals surface area contributed by atoms with E-state index in [1.165, 1.54) is 11.1 Å². The van der Waals surface area contributed by atoms with Gasteiger partial charge in [0.25, 0.3) is 0 Å². The standard InChI is InChI=1S/C27H19N3/c1-2-8-20(9-3-1)21-12-14-22(15-13-21)23-18-26(24-10-4-6-16-28-24)30-27(19-23)25-11-5-7-17-29-25/h1-19H. The molecule has 30 heavy (non-hydrogen) atoms. The van der Waals surface area contributed by atoms with Crippen LogP contribution in [-0.2, 0) is 0 Å². The van der Waals surface area contributed by atoms with E-state index in [0.29, 0.717) is 0 Å². The lowest BCUT2D eigenvalue weighted by Gasteiger charge is -2.10. The molecule has 0 atom stereocenters. The molecule has 5 aromatic rings. The van der Waals surface area contributed by atoms with Gasteiger partial charge in [-0.1, -0.05) is 66.7 Å². The van der Waals surface area contributed by atoms with Gasteiger partial charge in [0.05, 0.1) is 22.8 Å². The molecule has 0 amide bonds. The highest BCUT2D eigenvalue weighted by molar-refractivity contribution is 5.76. The van der Waals surface area contributed by atoms with E-state index in [1.807, 2.05) is 42.5 Å². The van der Waals surface area contributed by atoms with Crippen molar-refractivity contribution in [2.24, 2.45) is 0 Å². The molecule has 3 heteroatoms. The van der Waals surface area contributed by atoms with Crippen LogP contribution in [0.1, 0.15) is 0 Å². The largest absolute Gasteiger partial charge is 0.255 e. The summed E-state index contributed by atoms with van der Waals surface area (Å²) in [4.78, 5) is 13.8. The predicted octanol–water partition coefficient (Wildman–Crippen LogP) is 6.54. The van der Waals surface area contributed by atoms with Gasteiger partial charge in [-0.15, -0.1) is 0 Å². The van der Waals surface area contributed by atoms with Crippen molar-refractivity contribution in [1.82, 2.24) is 15.0 Å². The Morgan fingerprint density at radius 3 is 1.33 bits per heavy atom. The molecule has 3 nitrogen and oxygen atoms in total. The first-order valence-corrected chi connectivity index (χ1v) is 9.87. The van der Waals surface area contributed by atoms with Gasteiger partial charge in [-0.05, 0) is 58.7 Å². The van der Waals surface area contributed by atoms with Gasteiger partial charge in [-0.25, -0.2) is 4.98 Å². The first-order chi connectivity index (χ1) is 14.9. The third-order valence-electron chi connectivity index (χ3n) is 5.01. The highest BCUT2D eigenvalue weighted by Crippen LogP contribution is 2.30. The summed E-state index contributed by atoms with van der Waals surface area (Å²) < 4.78 is 0. The van der Waals surface area contributed by atoms with Crippen LogP contribution in [0.5, 0.6) is 0 Å². The fourth-order valence-corrected chi connectivity index (χ4v) is 3.47. The Morgan fingerprint density at radius 2 is 0.833 bits per heavy atom. The minimum Gasteiger partial charge on any atom is -0.255 e. The van der Waals surface area contributed by atoms with Crippen LogP contribution in [0.2, 0.25) is 0 Å². The quantitative estimate of drug-likeness (QED) is 0.352. The van der Waals surface area contributed by atoms with Crippen LogP contribution in [0.4, 0.5) is 0 Å². The van der Waals surface area contributed by atoms with Crippen molar-refractivity contribution in [2.75, 3.05) is 0 Å². The molecule has 0 aliphatic carbocycles. The molecule has 0 unspecified atom stereocenters. The van der Waals surface area contributed by atoms with E-state index in [0.717, 1.165) is 33.9 Å². The zero-order valence-electron chi connectivity index (χ0n) is 16.3. The Kier molecular flexibility index (Phi) is 4.84. The number of pyridine rings is 3. The first kappa shape index (κ1) is 18.0. The summed E-state index contributed by atoms with van der Waals surface area (Å²) in [6, 6.07) is 34.9. The molecule has 0 bridgehead atoms. The van der Waals surface area contributed by atoms with E-state index >= 15 is 0 Å². The van der Waals surface area contributed by atoms with Crippen LogP contribution in [0, 0.1) is 0 Å². The van der Waals surface area contributed by atoms with Gasteiger partial charge in [0.1, 0.15) is 0 Å². The topological polar surface area (TPSA) is 38.7 Å². The van der Waals surface area contributed by atoms with Gasteiger partial charge in [-0.3, -0.25) is 9.97 Å². The molecule has 2 aromatic carbocycles. The SMILES string of the molecule is c1ccc(-c2ccc(-c3cc(-c4ccccn4)nc(-c4ccccn4)c3)cc2)cc1. The van der Waals surface area contributed by atoms with Crippen molar-refractivity contribution in [3.8, 4) is 45.0 Å². The van der Waals surface area contributed by atoms with Crippen LogP contribution in [0.15, 0.2) is 116 Å². The van der Waals surface area contributed by atoms with E-state index < -0.39 is 0 Å². The molecule has 0 aliphatic rings. The van der Waals surface area contributed by atoms with E-state index in [2.05, 4.69) is 70.6 Å². The Labute approximate surface area is 175 Å². The number of nitrogens with zero attached hydrogens (tertiary/aromatic N) is 3. The van der Waals surface area contributed by atoms with E-state index in [1.54, 1.807) is 12.4 Å². The lowest BCUT2D eigenvalue weighted by Crippen LogP contribution is -1.93. The molecule has 0 saturated heterocycles. The molecule has 142 valence electrons. The number of hydrogen-bond donors (Lipinski definition) is 0. The van der Waals surface area contributed by atoms with Gasteiger partial charge in [0.15, 0.2) is 0 Å². The summed E-state index contributed by atoms with van der Waals surface area (Å²) in [5.74, 6) is 0.